The quantitative estimate of drug-likeness (QED) is 0.375. The predicted molar refractivity (Wildman–Crippen MR) is 44.7 cm³/mol. The average molecular weight is 186 g/mol. The predicted octanol–water partition coefficient (Wildman–Crippen LogP) is 0.0636. The summed E-state index contributed by atoms with van der Waals surface area (Å²) >= 11 is 0. The molecular weight excluding hydrogens is 171 g/mol. The maximum absolute atomic E-state index is 10.3. The van der Waals surface area contributed by atoms with Crippen molar-refractivity contribution in [2.75, 3.05) is 13.2 Å². The van der Waals surface area contributed by atoms with Crippen molar-refractivity contribution in [2.24, 2.45) is 0 Å². The molecule has 0 heterocycles. The number of carbonyl (C=O) groups is 1. The van der Waals surface area contributed by atoms with E-state index in [1.54, 1.807) is 0 Å². The monoisotopic (exact) mass is 186 g/mol. The van der Waals surface area contributed by atoms with E-state index in [9.17, 15) is 4.79 Å². The fraction of sp³-hybridized carbons (Fsp3) is 0.857. The van der Waals surface area contributed by atoms with E-state index in [-0.39, 0.29) is 51.4 Å². The van der Waals surface area contributed by atoms with Crippen LogP contribution in [-0.2, 0) is 9.53 Å². The van der Waals surface area contributed by atoms with Crippen LogP contribution < -0.4 is 0 Å². The number of ether oxygens (including phenoxy) is 1. The number of carbonyl (C=O) groups excluding carboxylic acids is 1. The van der Waals surface area contributed by atoms with Crippen LogP contribution >= 0.6 is 0 Å². The van der Waals surface area contributed by atoms with Crippen LogP contribution in [0.2, 0.25) is 0 Å². The Kier molecular flexibility index (Phi) is 14.7. The van der Waals surface area contributed by atoms with Crippen LogP contribution in [0.4, 0.5) is 0 Å². The molecule has 0 fully saturated rings. The molecule has 0 amide bonds. The van der Waals surface area contributed by atoms with E-state index in [2.05, 4.69) is 11.7 Å². The number of aliphatic hydroxyl groups excluding tert-OH is 1. The summed E-state index contributed by atoms with van der Waals surface area (Å²) in [6.45, 7) is 2.01. The van der Waals surface area contributed by atoms with Crippen molar-refractivity contribution in [1.29, 1.82) is 0 Å². The first-order valence-electron chi connectivity index (χ1n) is 3.57. The first kappa shape index (κ1) is 14.6. The summed E-state index contributed by atoms with van der Waals surface area (Å²) in [5.41, 5.74) is 0. The SMILES string of the molecule is CCCCCOC(=O)CO.[KH]. The summed E-state index contributed by atoms with van der Waals surface area (Å²) in [7, 11) is 0. The molecule has 0 saturated heterocycles. The van der Waals surface area contributed by atoms with Crippen LogP contribution in [0.3, 0.4) is 0 Å². The van der Waals surface area contributed by atoms with Gasteiger partial charge in [0.2, 0.25) is 0 Å². The van der Waals surface area contributed by atoms with E-state index >= 15 is 0 Å². The summed E-state index contributed by atoms with van der Waals surface area (Å²) in [6.07, 6.45) is 3.07. The minimum absolute atomic E-state index is 0. The zero-order valence-electron chi connectivity index (χ0n) is 6.30. The van der Waals surface area contributed by atoms with Gasteiger partial charge in [-0.3, -0.25) is 0 Å². The number of rotatable bonds is 5. The molecular formula is C7H15KO3. The molecule has 0 saturated carbocycles. The number of hydrogen-bond donors (Lipinski definition) is 1. The number of hydrogen-bond acceptors (Lipinski definition) is 3. The van der Waals surface area contributed by atoms with E-state index in [1.807, 2.05) is 0 Å². The van der Waals surface area contributed by atoms with Crippen LogP contribution in [0.15, 0.2) is 0 Å². The first-order valence-corrected chi connectivity index (χ1v) is 3.57. The molecule has 1 N–H and O–H groups in total. The maximum atomic E-state index is 10.3. The van der Waals surface area contributed by atoms with Gasteiger partial charge in [-0.25, -0.2) is 4.79 Å². The van der Waals surface area contributed by atoms with Crippen molar-refractivity contribution >= 4 is 57.4 Å². The molecule has 0 rings (SSSR count). The van der Waals surface area contributed by atoms with E-state index in [0.717, 1.165) is 19.3 Å². The molecule has 0 aromatic carbocycles. The molecule has 11 heavy (non-hydrogen) atoms. The normalized spacial score (nSPS) is 8.55. The van der Waals surface area contributed by atoms with E-state index < -0.39 is 12.6 Å². The fourth-order valence-electron chi connectivity index (χ4n) is 0.584. The van der Waals surface area contributed by atoms with Gasteiger partial charge in [0.1, 0.15) is 6.61 Å². The summed E-state index contributed by atoms with van der Waals surface area (Å²) < 4.78 is 4.60. The second-order valence-electron chi connectivity index (χ2n) is 2.09. The molecule has 0 unspecified atom stereocenters. The third-order valence-corrected chi connectivity index (χ3v) is 1.14. The van der Waals surface area contributed by atoms with Crippen LogP contribution in [0.1, 0.15) is 26.2 Å². The van der Waals surface area contributed by atoms with Crippen LogP contribution in [-0.4, -0.2) is 75.7 Å². The Bertz CT molecular complexity index is 95.7. The zero-order chi connectivity index (χ0) is 7.82. The third-order valence-electron chi connectivity index (χ3n) is 1.14. The van der Waals surface area contributed by atoms with Gasteiger partial charge in [-0.2, -0.15) is 0 Å². The van der Waals surface area contributed by atoms with Crippen molar-refractivity contribution in [3.8, 4) is 0 Å². The Balaban J connectivity index is 0. The molecule has 3 nitrogen and oxygen atoms in total. The number of unbranched alkanes of at least 4 members (excludes halogenated alkanes) is 2. The molecule has 0 radical (unpaired) electrons. The first-order chi connectivity index (χ1) is 4.81. The Morgan fingerprint density at radius 3 is 2.55 bits per heavy atom. The molecule has 0 aromatic rings. The Hall–Kier alpha value is 1.07. The standard InChI is InChI=1S/C7H14O3.K.H/c1-2-3-4-5-10-7(9)6-8;;/h8H,2-6H2,1H3;;. The molecule has 0 atom stereocenters. The molecule has 0 aliphatic heterocycles. The Morgan fingerprint density at radius 1 is 1.45 bits per heavy atom. The van der Waals surface area contributed by atoms with Crippen LogP contribution in [0, 0.1) is 0 Å². The Labute approximate surface area is 110 Å². The molecule has 0 aliphatic carbocycles. The molecule has 0 aromatic heterocycles. The van der Waals surface area contributed by atoms with Gasteiger partial charge in [0.15, 0.2) is 0 Å². The van der Waals surface area contributed by atoms with E-state index in [0.29, 0.717) is 6.61 Å². The second-order valence-corrected chi connectivity index (χ2v) is 2.09. The molecule has 62 valence electrons. The molecule has 4 heteroatoms. The minimum atomic E-state index is -0.531. The van der Waals surface area contributed by atoms with Gasteiger partial charge < -0.3 is 9.84 Å². The average Bonchev–Trinajstić information content (AvgIpc) is 1.98. The van der Waals surface area contributed by atoms with E-state index in [1.165, 1.54) is 0 Å². The molecule has 0 aliphatic rings. The summed E-state index contributed by atoms with van der Waals surface area (Å²) in [5.74, 6) is -0.531. The van der Waals surface area contributed by atoms with Crippen LogP contribution in [0.25, 0.3) is 0 Å². The van der Waals surface area contributed by atoms with Gasteiger partial charge in [-0.05, 0) is 6.42 Å². The van der Waals surface area contributed by atoms with Gasteiger partial charge >= 0.3 is 57.4 Å². The molecule has 0 bridgehead atoms. The Morgan fingerprint density at radius 2 is 2.09 bits per heavy atom. The second kappa shape index (κ2) is 11.1. The van der Waals surface area contributed by atoms with Gasteiger partial charge in [0.25, 0.3) is 0 Å². The summed E-state index contributed by atoms with van der Waals surface area (Å²) in [4.78, 5) is 10.3. The van der Waals surface area contributed by atoms with Gasteiger partial charge in [0.05, 0.1) is 6.61 Å². The zero-order valence-corrected chi connectivity index (χ0v) is 6.30. The van der Waals surface area contributed by atoms with Crippen molar-refractivity contribution < 1.29 is 14.6 Å². The van der Waals surface area contributed by atoms with Crippen LogP contribution in [0.5, 0.6) is 0 Å². The molecule has 0 spiro atoms. The fourth-order valence-corrected chi connectivity index (χ4v) is 0.584. The van der Waals surface area contributed by atoms with Crippen molar-refractivity contribution in [2.45, 2.75) is 26.2 Å². The van der Waals surface area contributed by atoms with Crippen molar-refractivity contribution in [1.82, 2.24) is 0 Å². The van der Waals surface area contributed by atoms with Gasteiger partial charge in [-0.15, -0.1) is 0 Å². The van der Waals surface area contributed by atoms with E-state index in [4.69, 9.17) is 5.11 Å². The van der Waals surface area contributed by atoms with Crippen molar-refractivity contribution in [3.05, 3.63) is 0 Å². The van der Waals surface area contributed by atoms with Gasteiger partial charge in [-0.1, -0.05) is 19.8 Å². The third kappa shape index (κ3) is 11.1. The number of esters is 1. The summed E-state index contributed by atoms with van der Waals surface area (Å²) in [6, 6.07) is 0. The number of aliphatic hydroxyl groups is 1. The topological polar surface area (TPSA) is 46.5 Å². The van der Waals surface area contributed by atoms with Gasteiger partial charge in [0, 0.05) is 0 Å². The summed E-state index contributed by atoms with van der Waals surface area (Å²) in [5, 5.41) is 8.22. The van der Waals surface area contributed by atoms with Crippen molar-refractivity contribution in [3.63, 3.8) is 0 Å².